The lowest BCUT2D eigenvalue weighted by atomic mass is 10.1. The Hall–Kier alpha value is -2.63. The summed E-state index contributed by atoms with van der Waals surface area (Å²) in [7, 11) is 0. The van der Waals surface area contributed by atoms with Crippen molar-refractivity contribution in [2.45, 2.75) is 24.8 Å². The number of hydrogen-bond acceptors (Lipinski definition) is 4. The van der Waals surface area contributed by atoms with E-state index in [0.717, 1.165) is 18.6 Å². The third kappa shape index (κ3) is 2.94. The van der Waals surface area contributed by atoms with Crippen molar-refractivity contribution >= 4 is 11.8 Å². The number of hydrogen-bond donors (Lipinski definition) is 2. The molecule has 1 fully saturated rings. The number of rotatable bonds is 5. The van der Waals surface area contributed by atoms with Gasteiger partial charge >= 0.3 is 0 Å². The molecule has 1 aliphatic carbocycles. The summed E-state index contributed by atoms with van der Waals surface area (Å²) in [4.78, 5) is 23.7. The molecule has 1 aromatic heterocycles. The van der Waals surface area contributed by atoms with Crippen molar-refractivity contribution in [3.8, 4) is 0 Å². The topological polar surface area (TPSA) is 98.2 Å². The smallest absolute Gasteiger partial charge is 0.274 e. The Morgan fingerprint density at radius 3 is 2.62 bits per heavy atom. The van der Waals surface area contributed by atoms with Gasteiger partial charge in [0.25, 0.3) is 5.91 Å². The normalized spacial score (nSPS) is 15.4. The van der Waals surface area contributed by atoms with Gasteiger partial charge in [0.1, 0.15) is 11.8 Å². The van der Waals surface area contributed by atoms with Gasteiger partial charge in [0.2, 0.25) is 5.91 Å². The lowest BCUT2D eigenvalue weighted by molar-refractivity contribution is -0.120. The molecule has 2 amide bonds. The summed E-state index contributed by atoms with van der Waals surface area (Å²) < 4.78 is 5.13. The zero-order valence-corrected chi connectivity index (χ0v) is 11.3. The van der Waals surface area contributed by atoms with Crippen LogP contribution in [0.15, 0.2) is 40.9 Å². The molecule has 1 heterocycles. The fraction of sp³-hybridized carbons (Fsp3) is 0.267. The molecule has 0 unspecified atom stereocenters. The van der Waals surface area contributed by atoms with Crippen LogP contribution in [0.1, 0.15) is 46.6 Å². The fourth-order valence-corrected chi connectivity index (χ4v) is 2.13. The van der Waals surface area contributed by atoms with Crippen molar-refractivity contribution in [1.82, 2.24) is 10.5 Å². The van der Waals surface area contributed by atoms with Gasteiger partial charge in [-0.3, -0.25) is 9.59 Å². The first kappa shape index (κ1) is 13.4. The SMILES string of the molecule is NC(=O)[C@@H](NC(=O)c1cc(C2CC2)on1)c1ccccc1. The van der Waals surface area contributed by atoms with E-state index in [0.29, 0.717) is 11.5 Å². The van der Waals surface area contributed by atoms with Crippen LogP contribution in [0.2, 0.25) is 0 Å². The van der Waals surface area contributed by atoms with Crippen LogP contribution in [-0.4, -0.2) is 17.0 Å². The van der Waals surface area contributed by atoms with E-state index in [2.05, 4.69) is 10.5 Å². The summed E-state index contributed by atoms with van der Waals surface area (Å²) in [6, 6.07) is 9.57. The van der Waals surface area contributed by atoms with E-state index < -0.39 is 17.9 Å². The van der Waals surface area contributed by atoms with Crippen molar-refractivity contribution in [1.29, 1.82) is 0 Å². The third-order valence-corrected chi connectivity index (χ3v) is 3.43. The number of primary amides is 1. The number of nitrogens with one attached hydrogen (secondary N) is 1. The molecule has 0 aliphatic heterocycles. The predicted octanol–water partition coefficient (Wildman–Crippen LogP) is 1.51. The molecule has 108 valence electrons. The van der Waals surface area contributed by atoms with E-state index in [4.69, 9.17) is 10.3 Å². The molecule has 3 N–H and O–H groups in total. The van der Waals surface area contributed by atoms with E-state index in [1.54, 1.807) is 30.3 Å². The van der Waals surface area contributed by atoms with Crippen LogP contribution in [0.25, 0.3) is 0 Å². The average Bonchev–Trinajstić information content (AvgIpc) is 3.22. The molecule has 1 atom stereocenters. The maximum atomic E-state index is 12.1. The number of benzene rings is 1. The molecule has 0 spiro atoms. The van der Waals surface area contributed by atoms with Crippen LogP contribution in [-0.2, 0) is 4.79 Å². The van der Waals surface area contributed by atoms with E-state index in [9.17, 15) is 9.59 Å². The summed E-state index contributed by atoms with van der Waals surface area (Å²) in [5, 5.41) is 6.33. The summed E-state index contributed by atoms with van der Waals surface area (Å²) in [6.07, 6.45) is 2.12. The van der Waals surface area contributed by atoms with Crippen molar-refractivity contribution < 1.29 is 14.1 Å². The molecule has 3 rings (SSSR count). The first-order valence-electron chi connectivity index (χ1n) is 6.77. The van der Waals surface area contributed by atoms with Gasteiger partial charge in [0, 0.05) is 12.0 Å². The van der Waals surface area contributed by atoms with Crippen LogP contribution < -0.4 is 11.1 Å². The van der Waals surface area contributed by atoms with Gasteiger partial charge < -0.3 is 15.6 Å². The van der Waals surface area contributed by atoms with E-state index in [1.807, 2.05) is 6.07 Å². The zero-order valence-electron chi connectivity index (χ0n) is 11.3. The van der Waals surface area contributed by atoms with Crippen molar-refractivity contribution in [2.75, 3.05) is 0 Å². The number of nitrogens with zero attached hydrogens (tertiary/aromatic N) is 1. The van der Waals surface area contributed by atoms with Crippen LogP contribution >= 0.6 is 0 Å². The van der Waals surface area contributed by atoms with Crippen LogP contribution in [0.4, 0.5) is 0 Å². The fourth-order valence-electron chi connectivity index (χ4n) is 2.13. The predicted molar refractivity (Wildman–Crippen MR) is 74.3 cm³/mol. The lowest BCUT2D eigenvalue weighted by Crippen LogP contribution is -2.37. The van der Waals surface area contributed by atoms with Gasteiger partial charge in [-0.05, 0) is 18.4 Å². The minimum atomic E-state index is -0.889. The minimum absolute atomic E-state index is 0.166. The highest BCUT2D eigenvalue weighted by Gasteiger charge is 2.29. The molecular weight excluding hydrogens is 270 g/mol. The highest BCUT2D eigenvalue weighted by Crippen LogP contribution is 2.40. The average molecular weight is 285 g/mol. The molecule has 0 saturated heterocycles. The first-order valence-corrected chi connectivity index (χ1v) is 6.77. The molecule has 1 aromatic carbocycles. The number of carbonyl (C=O) groups is 2. The second-order valence-corrected chi connectivity index (χ2v) is 5.11. The van der Waals surface area contributed by atoms with Crippen molar-refractivity contribution in [3.05, 3.63) is 53.4 Å². The Balaban J connectivity index is 1.75. The summed E-state index contributed by atoms with van der Waals surface area (Å²) in [6.45, 7) is 0. The highest BCUT2D eigenvalue weighted by atomic mass is 16.5. The molecule has 1 aliphatic rings. The summed E-state index contributed by atoms with van der Waals surface area (Å²) >= 11 is 0. The largest absolute Gasteiger partial charge is 0.368 e. The molecule has 6 heteroatoms. The molecular formula is C15H15N3O3. The van der Waals surface area contributed by atoms with Crippen LogP contribution in [0, 0.1) is 0 Å². The maximum Gasteiger partial charge on any atom is 0.274 e. The number of amides is 2. The molecule has 6 nitrogen and oxygen atoms in total. The van der Waals surface area contributed by atoms with Gasteiger partial charge in [-0.2, -0.15) is 0 Å². The van der Waals surface area contributed by atoms with Gasteiger partial charge in [0.05, 0.1) is 0 Å². The Morgan fingerprint density at radius 2 is 2.00 bits per heavy atom. The number of aromatic nitrogens is 1. The molecule has 21 heavy (non-hydrogen) atoms. The van der Waals surface area contributed by atoms with Crippen molar-refractivity contribution in [3.63, 3.8) is 0 Å². The Morgan fingerprint density at radius 1 is 1.29 bits per heavy atom. The summed E-state index contributed by atoms with van der Waals surface area (Å²) in [5.41, 5.74) is 6.16. The standard InChI is InChI=1S/C15H15N3O3/c16-14(19)13(10-4-2-1-3-5-10)17-15(20)11-8-12(21-18-11)9-6-7-9/h1-5,8-9,13H,6-7H2,(H2,16,19)(H,17,20)/t13-/m0/s1. The molecule has 1 saturated carbocycles. The minimum Gasteiger partial charge on any atom is -0.368 e. The van der Waals surface area contributed by atoms with Gasteiger partial charge in [-0.25, -0.2) is 0 Å². The Kier molecular flexibility index (Phi) is 3.43. The van der Waals surface area contributed by atoms with E-state index >= 15 is 0 Å². The zero-order chi connectivity index (χ0) is 14.8. The Bertz CT molecular complexity index is 662. The lowest BCUT2D eigenvalue weighted by Gasteiger charge is -2.14. The monoisotopic (exact) mass is 285 g/mol. The summed E-state index contributed by atoms with van der Waals surface area (Å²) in [5.74, 6) is -0.00522. The van der Waals surface area contributed by atoms with Crippen LogP contribution in [0.3, 0.4) is 0 Å². The van der Waals surface area contributed by atoms with E-state index in [1.165, 1.54) is 0 Å². The van der Waals surface area contributed by atoms with Crippen LogP contribution in [0.5, 0.6) is 0 Å². The van der Waals surface area contributed by atoms with Crippen molar-refractivity contribution in [2.24, 2.45) is 5.73 Å². The molecule has 0 bridgehead atoms. The molecule has 2 aromatic rings. The third-order valence-electron chi connectivity index (χ3n) is 3.43. The number of carbonyl (C=O) groups excluding carboxylic acids is 2. The van der Waals surface area contributed by atoms with Gasteiger partial charge in [-0.15, -0.1) is 0 Å². The molecule has 0 radical (unpaired) electrons. The quantitative estimate of drug-likeness (QED) is 0.869. The second kappa shape index (κ2) is 5.40. The first-order chi connectivity index (χ1) is 10.1. The Labute approximate surface area is 121 Å². The highest BCUT2D eigenvalue weighted by molar-refractivity contribution is 5.96. The van der Waals surface area contributed by atoms with Gasteiger partial charge in [0.15, 0.2) is 5.69 Å². The van der Waals surface area contributed by atoms with Gasteiger partial charge in [-0.1, -0.05) is 35.5 Å². The van der Waals surface area contributed by atoms with E-state index in [-0.39, 0.29) is 5.69 Å². The second-order valence-electron chi connectivity index (χ2n) is 5.11. The number of nitrogens with two attached hydrogens (primary N) is 1. The maximum absolute atomic E-state index is 12.1.